The van der Waals surface area contributed by atoms with Gasteiger partial charge in [-0.05, 0) is 23.7 Å². The van der Waals surface area contributed by atoms with Crippen molar-refractivity contribution in [2.24, 2.45) is 5.92 Å². The molecule has 2 aromatic heterocycles. The average Bonchev–Trinajstić information content (AvgIpc) is 2.83. The van der Waals surface area contributed by atoms with Gasteiger partial charge in [-0.1, -0.05) is 11.3 Å². The van der Waals surface area contributed by atoms with Crippen LogP contribution < -0.4 is 5.32 Å². The fraction of sp³-hybridized carbons (Fsp3) is 0.444. The summed E-state index contributed by atoms with van der Waals surface area (Å²) >= 11 is 1.40. The van der Waals surface area contributed by atoms with Crippen LogP contribution in [0.3, 0.4) is 0 Å². The minimum absolute atomic E-state index is 0.0388. The third-order valence-corrected chi connectivity index (χ3v) is 3.42. The summed E-state index contributed by atoms with van der Waals surface area (Å²) in [6.07, 6.45) is 4.10. The smallest absolute Gasteiger partial charge is 0.363 e. The Morgan fingerprint density at radius 2 is 2.50 bits per heavy atom. The molecule has 1 aliphatic rings. The zero-order chi connectivity index (χ0) is 11.1. The largest absolute Gasteiger partial charge is 0.372 e. The summed E-state index contributed by atoms with van der Waals surface area (Å²) in [5.41, 5.74) is 0. The molecule has 1 aliphatic carbocycles. The van der Waals surface area contributed by atoms with Crippen LogP contribution in [-0.2, 0) is 0 Å². The highest BCUT2D eigenvalue weighted by atomic mass is 32.1. The van der Waals surface area contributed by atoms with Gasteiger partial charge < -0.3 is 15.4 Å². The highest BCUT2D eigenvalue weighted by Gasteiger charge is 2.26. The summed E-state index contributed by atoms with van der Waals surface area (Å²) in [7, 11) is 0. The summed E-state index contributed by atoms with van der Waals surface area (Å²) in [6.45, 7) is 0.783. The number of rotatable bonds is 4. The van der Waals surface area contributed by atoms with Crippen LogP contribution in [0.5, 0.6) is 0 Å². The molecule has 0 bridgehead atoms. The molecule has 0 aliphatic heterocycles. The molecule has 2 heterocycles. The molecule has 0 unspecified atom stereocenters. The van der Waals surface area contributed by atoms with Crippen molar-refractivity contribution in [2.75, 3.05) is 11.9 Å². The van der Waals surface area contributed by atoms with Crippen LogP contribution >= 0.6 is 11.3 Å². The first-order valence-electron chi connectivity index (χ1n) is 5.09. The van der Waals surface area contributed by atoms with E-state index in [0.717, 1.165) is 6.54 Å². The van der Waals surface area contributed by atoms with Gasteiger partial charge in [0.25, 0.3) is 4.96 Å². The second-order valence-corrected chi connectivity index (χ2v) is 4.79. The van der Waals surface area contributed by atoms with Crippen LogP contribution in [0.1, 0.15) is 12.8 Å². The van der Waals surface area contributed by atoms with Gasteiger partial charge in [0, 0.05) is 11.9 Å². The number of nitrogens with zero attached hydrogens (tertiary/aromatic N) is 3. The molecule has 1 N–H and O–H groups in total. The lowest BCUT2D eigenvalue weighted by Gasteiger charge is -2.00. The third kappa shape index (κ3) is 1.53. The number of aromatic nitrogens is 2. The first-order valence-corrected chi connectivity index (χ1v) is 5.97. The number of nitro groups is 1. The van der Waals surface area contributed by atoms with Crippen molar-refractivity contribution in [2.45, 2.75) is 12.8 Å². The molecule has 0 amide bonds. The monoisotopic (exact) mass is 238 g/mol. The Balaban J connectivity index is 1.96. The van der Waals surface area contributed by atoms with Gasteiger partial charge >= 0.3 is 5.82 Å². The maximum absolute atomic E-state index is 11.0. The zero-order valence-electron chi connectivity index (χ0n) is 8.42. The van der Waals surface area contributed by atoms with E-state index in [4.69, 9.17) is 0 Å². The third-order valence-electron chi connectivity index (χ3n) is 2.66. The van der Waals surface area contributed by atoms with Crippen molar-refractivity contribution < 1.29 is 4.92 Å². The van der Waals surface area contributed by atoms with E-state index in [1.54, 1.807) is 11.6 Å². The number of hydrogen-bond acceptors (Lipinski definition) is 5. The van der Waals surface area contributed by atoms with Crippen molar-refractivity contribution in [3.63, 3.8) is 0 Å². The molecule has 3 rings (SSSR count). The Bertz CT molecular complexity index is 543. The maximum atomic E-state index is 11.0. The van der Waals surface area contributed by atoms with Crippen LogP contribution in [0.15, 0.2) is 11.6 Å². The molecule has 0 radical (unpaired) electrons. The molecule has 0 saturated heterocycles. The number of imidazole rings is 1. The molecule has 1 fully saturated rings. The summed E-state index contributed by atoms with van der Waals surface area (Å²) in [4.78, 5) is 15.5. The van der Waals surface area contributed by atoms with Crippen LogP contribution in [-0.4, -0.2) is 20.9 Å². The van der Waals surface area contributed by atoms with E-state index >= 15 is 0 Å². The fourth-order valence-electron chi connectivity index (χ4n) is 1.63. The van der Waals surface area contributed by atoms with Crippen LogP contribution in [0.25, 0.3) is 4.96 Å². The van der Waals surface area contributed by atoms with Gasteiger partial charge in [0.05, 0.1) is 0 Å². The van der Waals surface area contributed by atoms with Gasteiger partial charge in [-0.25, -0.2) is 0 Å². The normalized spacial score (nSPS) is 15.5. The van der Waals surface area contributed by atoms with Gasteiger partial charge in [0.2, 0.25) is 5.82 Å². The first kappa shape index (κ1) is 9.59. The molecular weight excluding hydrogens is 228 g/mol. The Morgan fingerprint density at radius 3 is 3.19 bits per heavy atom. The van der Waals surface area contributed by atoms with E-state index in [9.17, 15) is 10.1 Å². The number of fused-ring (bicyclic) bond motifs is 1. The van der Waals surface area contributed by atoms with Crippen molar-refractivity contribution in [3.8, 4) is 0 Å². The Kier molecular flexibility index (Phi) is 2.06. The molecule has 0 spiro atoms. The number of anilines is 1. The highest BCUT2D eigenvalue weighted by molar-refractivity contribution is 7.15. The van der Waals surface area contributed by atoms with Gasteiger partial charge in [0.15, 0.2) is 0 Å². The zero-order valence-corrected chi connectivity index (χ0v) is 9.24. The maximum Gasteiger partial charge on any atom is 0.372 e. The van der Waals surface area contributed by atoms with Crippen LogP contribution in [0, 0.1) is 16.0 Å². The van der Waals surface area contributed by atoms with E-state index < -0.39 is 0 Å². The van der Waals surface area contributed by atoms with Crippen molar-refractivity contribution >= 4 is 27.9 Å². The van der Waals surface area contributed by atoms with E-state index in [0.29, 0.717) is 16.7 Å². The average molecular weight is 238 g/mol. The fourth-order valence-corrected chi connectivity index (χ4v) is 2.34. The van der Waals surface area contributed by atoms with Gasteiger partial charge in [-0.3, -0.25) is 0 Å². The lowest BCUT2D eigenvalue weighted by atomic mass is 10.4. The first-order chi connectivity index (χ1) is 7.75. The second-order valence-electron chi connectivity index (χ2n) is 3.92. The molecular formula is C9H10N4O2S. The molecule has 84 valence electrons. The molecule has 6 nitrogen and oxygen atoms in total. The number of hydrogen-bond donors (Lipinski definition) is 1. The second kappa shape index (κ2) is 3.44. The number of thiazole rings is 1. The molecule has 7 heteroatoms. The predicted molar refractivity (Wildman–Crippen MR) is 60.9 cm³/mol. The van der Waals surface area contributed by atoms with E-state index in [1.807, 2.05) is 0 Å². The molecule has 0 aromatic carbocycles. The highest BCUT2D eigenvalue weighted by Crippen LogP contribution is 2.32. The quantitative estimate of drug-likeness (QED) is 0.654. The summed E-state index contributed by atoms with van der Waals surface area (Å²) in [5.74, 6) is 1.10. The van der Waals surface area contributed by atoms with Crippen molar-refractivity contribution in [1.82, 2.24) is 9.38 Å². The molecule has 0 atom stereocenters. The summed E-state index contributed by atoms with van der Waals surface area (Å²) in [6, 6.07) is 0. The van der Waals surface area contributed by atoms with Crippen LogP contribution in [0.2, 0.25) is 0 Å². The van der Waals surface area contributed by atoms with Gasteiger partial charge in [-0.2, -0.15) is 9.38 Å². The standard InChI is InChI=1S/C9H10N4O2S/c14-13(15)8-7(10-5-6-1-2-6)11-9-12(8)3-4-16-9/h3-4,6,10H,1-2,5H2. The Morgan fingerprint density at radius 1 is 1.69 bits per heavy atom. The van der Waals surface area contributed by atoms with Gasteiger partial charge in [-0.15, -0.1) is 0 Å². The Labute approximate surface area is 95.1 Å². The minimum atomic E-state index is -0.387. The van der Waals surface area contributed by atoms with E-state index in [2.05, 4.69) is 10.3 Å². The minimum Gasteiger partial charge on any atom is -0.363 e. The van der Waals surface area contributed by atoms with E-state index in [-0.39, 0.29) is 10.7 Å². The lowest BCUT2D eigenvalue weighted by Crippen LogP contribution is -2.06. The molecule has 1 saturated carbocycles. The van der Waals surface area contributed by atoms with Gasteiger partial charge in [0.1, 0.15) is 6.20 Å². The summed E-state index contributed by atoms with van der Waals surface area (Å²) in [5, 5.41) is 15.8. The van der Waals surface area contributed by atoms with E-state index in [1.165, 1.54) is 28.6 Å². The SMILES string of the molecule is O=[N+]([O-])c1c(NCC2CC2)nc2sccn12. The number of nitrogens with one attached hydrogen (secondary N) is 1. The van der Waals surface area contributed by atoms with Crippen molar-refractivity contribution in [3.05, 3.63) is 21.7 Å². The van der Waals surface area contributed by atoms with Crippen molar-refractivity contribution in [1.29, 1.82) is 0 Å². The molecule has 16 heavy (non-hydrogen) atoms. The Hall–Kier alpha value is -1.63. The molecule has 2 aromatic rings. The topological polar surface area (TPSA) is 72.5 Å². The predicted octanol–water partition coefficient (Wildman–Crippen LogP) is 2.13. The van der Waals surface area contributed by atoms with Crippen LogP contribution in [0.4, 0.5) is 11.6 Å². The lowest BCUT2D eigenvalue weighted by molar-refractivity contribution is -0.389. The summed E-state index contributed by atoms with van der Waals surface area (Å²) < 4.78 is 1.51.